The molecule has 0 unspecified atom stereocenters. The van der Waals surface area contributed by atoms with E-state index in [0.717, 1.165) is 5.75 Å². The Labute approximate surface area is 61.0 Å². The summed E-state index contributed by atoms with van der Waals surface area (Å²) >= 11 is 1.66. The highest BCUT2D eigenvalue weighted by molar-refractivity contribution is 7.98. The molecule has 0 aliphatic heterocycles. The Hall–Kier alpha value is 0.0449. The van der Waals surface area contributed by atoms with Gasteiger partial charge in [-0.25, -0.2) is 0 Å². The van der Waals surface area contributed by atoms with Crippen molar-refractivity contribution in [1.82, 2.24) is 0 Å². The number of carbonyl (C=O) groups is 1. The first-order chi connectivity index (χ1) is 4.18. The molecule has 0 amide bonds. The quantitative estimate of drug-likeness (QED) is 0.552. The predicted octanol–water partition coefficient (Wildman–Crippen LogP) is -0.238. The van der Waals surface area contributed by atoms with Crippen LogP contribution in [0.4, 0.5) is 0 Å². The van der Waals surface area contributed by atoms with E-state index in [-0.39, 0.29) is 0 Å². The molecule has 0 rings (SSSR count). The average molecular weight is 143 g/mol. The molecule has 0 aromatic heterocycles. The van der Waals surface area contributed by atoms with Crippen molar-refractivity contribution < 1.29 is 4.79 Å². The highest BCUT2D eigenvalue weighted by Crippen LogP contribution is 1.97. The lowest BCUT2D eigenvalue weighted by molar-refractivity contribution is -0.112. The van der Waals surface area contributed by atoms with Crippen LogP contribution >= 0.6 is 11.8 Å². The maximum absolute atomic E-state index is 10.3. The molecule has 0 aliphatic carbocycles. The van der Waals surface area contributed by atoms with Gasteiger partial charge in [-0.05, 0) is 18.4 Å². The van der Waals surface area contributed by atoms with Gasteiger partial charge >= 0.3 is 0 Å². The van der Waals surface area contributed by atoms with Gasteiger partial charge < -0.3 is 10.5 Å². The molecule has 0 heterocycles. The van der Waals surface area contributed by atoms with E-state index in [1.807, 2.05) is 6.26 Å². The van der Waals surface area contributed by atoms with Gasteiger partial charge in [0.25, 0.3) is 0 Å². The minimum atomic E-state index is -0.461. The average Bonchev–Trinajstić information content (AvgIpc) is 1.82. The first-order valence-electron chi connectivity index (χ1n) is 2.72. The van der Waals surface area contributed by atoms with Gasteiger partial charge in [-0.2, -0.15) is 11.8 Å². The second-order valence-electron chi connectivity index (χ2n) is 1.79. The monoisotopic (exact) mass is 143 g/mol. The van der Waals surface area contributed by atoms with E-state index in [1.165, 1.54) is 0 Å². The van der Waals surface area contributed by atoms with E-state index in [2.05, 4.69) is 0 Å². The van der Waals surface area contributed by atoms with Crippen molar-refractivity contribution in [2.45, 2.75) is 12.5 Å². The van der Waals surface area contributed by atoms with Crippen LogP contribution in [0, 0.1) is 0 Å². The van der Waals surface area contributed by atoms with Crippen LogP contribution < -0.4 is 5.73 Å². The zero-order chi connectivity index (χ0) is 7.28. The van der Waals surface area contributed by atoms with E-state index in [0.29, 0.717) is 6.42 Å². The van der Waals surface area contributed by atoms with Crippen molar-refractivity contribution in [3.63, 3.8) is 0 Å². The van der Waals surface area contributed by atoms with E-state index in [4.69, 9.17) is 13.6 Å². The molecule has 2 N–H and O–H groups in total. The number of nitrogens with two attached hydrogens (primary N) is 1. The Morgan fingerprint density at radius 2 is 2.44 bits per heavy atom. The molecule has 0 aliphatic rings. The first-order valence-corrected chi connectivity index (χ1v) is 4.11. The lowest BCUT2D eigenvalue weighted by Crippen LogP contribution is -2.30. The summed E-state index contributed by atoms with van der Waals surface area (Å²) in [5.74, 6) is 0.893. The molecule has 1 atom stereocenters. The van der Waals surface area contributed by atoms with E-state index in [1.54, 1.807) is 11.8 Å². The van der Waals surface area contributed by atoms with Gasteiger partial charge in [0.1, 0.15) is 0 Å². The van der Waals surface area contributed by atoms with Gasteiger partial charge in [-0.15, -0.1) is 0 Å². The standard InChI is InChI=1S/C5H10BNOS/c1-9-3-2-4(7)5(6)8/h4H,2-3,7H2,1H3/t4-/m0/s1. The predicted molar refractivity (Wildman–Crippen MR) is 41.7 cm³/mol. The maximum Gasteiger partial charge on any atom is 0.170 e. The van der Waals surface area contributed by atoms with Crippen molar-refractivity contribution in [1.29, 1.82) is 0 Å². The van der Waals surface area contributed by atoms with Crippen LogP contribution in [0.3, 0.4) is 0 Å². The fourth-order valence-electron chi connectivity index (χ4n) is 0.387. The third kappa shape index (κ3) is 4.54. The molecule has 4 heteroatoms. The molecule has 0 aromatic rings. The number of hydrogen-bond donors (Lipinski definition) is 1. The third-order valence-electron chi connectivity index (χ3n) is 0.998. The van der Waals surface area contributed by atoms with Crippen LogP contribution in [0.2, 0.25) is 0 Å². The summed E-state index contributed by atoms with van der Waals surface area (Å²) in [5.41, 5.74) is 4.90. The SMILES string of the molecule is [B]C(=O)[C@@H](N)CCSC. The summed E-state index contributed by atoms with van der Waals surface area (Å²) in [4.78, 5) is 10.3. The normalized spacial score (nSPS) is 13.1. The largest absolute Gasteiger partial charge is 0.322 e. The summed E-state index contributed by atoms with van der Waals surface area (Å²) in [5, 5.41) is 0. The van der Waals surface area contributed by atoms with Crippen molar-refractivity contribution in [3.8, 4) is 0 Å². The van der Waals surface area contributed by atoms with Crippen LogP contribution in [0.25, 0.3) is 0 Å². The van der Waals surface area contributed by atoms with Crippen molar-refractivity contribution in [2.75, 3.05) is 12.0 Å². The maximum atomic E-state index is 10.3. The molecule has 0 aromatic carbocycles. The van der Waals surface area contributed by atoms with Crippen LogP contribution in [0.1, 0.15) is 6.42 Å². The highest BCUT2D eigenvalue weighted by atomic mass is 32.2. The summed E-state index contributed by atoms with van der Waals surface area (Å²) in [6.45, 7) is 0. The van der Waals surface area contributed by atoms with E-state index < -0.39 is 11.7 Å². The zero-order valence-corrected chi connectivity index (χ0v) is 6.28. The Balaban J connectivity index is 3.27. The van der Waals surface area contributed by atoms with Crippen LogP contribution in [-0.4, -0.2) is 31.6 Å². The molecular formula is C5H10BNOS. The third-order valence-corrected chi connectivity index (χ3v) is 1.64. The summed E-state index contributed by atoms with van der Waals surface area (Å²) in [6.07, 6.45) is 2.64. The summed E-state index contributed by atoms with van der Waals surface area (Å²) in [6, 6.07) is -0.461. The van der Waals surface area contributed by atoms with Gasteiger partial charge in [0, 0.05) is 0 Å². The molecule has 2 nitrogen and oxygen atoms in total. The molecule has 9 heavy (non-hydrogen) atoms. The lowest BCUT2D eigenvalue weighted by atomic mass is 9.94. The Bertz CT molecular complexity index is 99.0. The van der Waals surface area contributed by atoms with Gasteiger partial charge in [-0.1, -0.05) is 0 Å². The van der Waals surface area contributed by atoms with E-state index >= 15 is 0 Å². The molecule has 50 valence electrons. The molecular weight excluding hydrogens is 133 g/mol. The van der Waals surface area contributed by atoms with Crippen LogP contribution in [-0.2, 0) is 4.79 Å². The van der Waals surface area contributed by atoms with E-state index in [9.17, 15) is 4.79 Å². The lowest BCUT2D eigenvalue weighted by Gasteiger charge is -2.04. The summed E-state index contributed by atoms with van der Waals surface area (Å²) < 4.78 is 0. The number of hydrogen-bond acceptors (Lipinski definition) is 3. The molecule has 0 saturated heterocycles. The Morgan fingerprint density at radius 1 is 1.89 bits per heavy atom. The molecule has 0 spiro atoms. The fraction of sp³-hybridized carbons (Fsp3) is 0.800. The van der Waals surface area contributed by atoms with Crippen LogP contribution in [0.5, 0.6) is 0 Å². The number of carbonyl (C=O) groups excluding carboxylic acids is 1. The number of thioether (sulfide) groups is 1. The fourth-order valence-corrected chi connectivity index (χ4v) is 0.877. The Kier molecular flexibility index (Phi) is 4.90. The van der Waals surface area contributed by atoms with Crippen molar-refractivity contribution in [3.05, 3.63) is 0 Å². The van der Waals surface area contributed by atoms with Crippen LogP contribution in [0.15, 0.2) is 0 Å². The highest BCUT2D eigenvalue weighted by Gasteiger charge is 2.04. The zero-order valence-electron chi connectivity index (χ0n) is 5.46. The molecule has 2 radical (unpaired) electrons. The minimum Gasteiger partial charge on any atom is -0.322 e. The van der Waals surface area contributed by atoms with Gasteiger partial charge in [0.05, 0.1) is 11.7 Å². The second kappa shape index (κ2) is 4.88. The Morgan fingerprint density at radius 3 is 2.78 bits per heavy atom. The second-order valence-corrected chi connectivity index (χ2v) is 2.78. The minimum absolute atomic E-state index is 0.413. The van der Waals surface area contributed by atoms with Gasteiger partial charge in [0.15, 0.2) is 7.85 Å². The summed E-state index contributed by atoms with van der Waals surface area (Å²) in [7, 11) is 4.90. The molecule has 0 bridgehead atoms. The topological polar surface area (TPSA) is 43.1 Å². The van der Waals surface area contributed by atoms with Crippen molar-refractivity contribution in [2.24, 2.45) is 5.73 Å². The first kappa shape index (κ1) is 9.04. The van der Waals surface area contributed by atoms with Crippen molar-refractivity contribution >= 4 is 25.3 Å². The number of rotatable bonds is 4. The van der Waals surface area contributed by atoms with Gasteiger partial charge in [-0.3, -0.25) is 0 Å². The molecule has 0 saturated carbocycles. The van der Waals surface area contributed by atoms with Gasteiger partial charge in [0.2, 0.25) is 0 Å². The molecule has 0 fully saturated rings. The smallest absolute Gasteiger partial charge is 0.170 e.